The van der Waals surface area contributed by atoms with Gasteiger partial charge in [-0.3, -0.25) is 9.69 Å². The Labute approximate surface area is 192 Å². The predicted molar refractivity (Wildman–Crippen MR) is 125 cm³/mol. The van der Waals surface area contributed by atoms with Crippen LogP contribution in [0.15, 0.2) is 41.5 Å². The maximum Gasteiger partial charge on any atom is 0.262 e. The molecule has 0 saturated carbocycles. The number of benzene rings is 2. The Morgan fingerprint density at radius 1 is 1.30 bits per heavy atom. The molecule has 5 rings (SSSR count). The van der Waals surface area contributed by atoms with Crippen LogP contribution in [0.4, 0.5) is 15.8 Å². The van der Waals surface area contributed by atoms with Crippen LogP contribution in [-0.4, -0.2) is 73.2 Å². The zero-order chi connectivity index (χ0) is 23.3. The summed E-state index contributed by atoms with van der Waals surface area (Å²) < 4.78 is 20.9. The van der Waals surface area contributed by atoms with Crippen molar-refractivity contribution in [3.63, 3.8) is 0 Å². The number of rotatable bonds is 5. The number of β-amino-alcohol motifs (C(OH)–C–C–N with tert-alkyl or cyclic N) is 1. The Bertz CT molecular complexity index is 1130. The van der Waals surface area contributed by atoms with Crippen molar-refractivity contribution >= 4 is 23.1 Å². The van der Waals surface area contributed by atoms with E-state index in [2.05, 4.69) is 27.3 Å². The molecule has 2 N–H and O–H groups in total. The number of anilines is 2. The molecule has 2 aromatic carbocycles. The summed E-state index contributed by atoms with van der Waals surface area (Å²) in [5.74, 6) is 0.722. The summed E-state index contributed by atoms with van der Waals surface area (Å²) in [6.45, 7) is 6.51. The van der Waals surface area contributed by atoms with Crippen LogP contribution in [0.5, 0.6) is 5.75 Å². The molecule has 33 heavy (non-hydrogen) atoms. The van der Waals surface area contributed by atoms with E-state index in [0.717, 1.165) is 30.0 Å². The van der Waals surface area contributed by atoms with Crippen molar-refractivity contribution in [2.24, 2.45) is 5.10 Å². The fourth-order valence-electron chi connectivity index (χ4n) is 4.95. The summed E-state index contributed by atoms with van der Waals surface area (Å²) in [7, 11) is 2.01. The summed E-state index contributed by atoms with van der Waals surface area (Å²) in [6.07, 6.45) is 0. The first-order valence-corrected chi connectivity index (χ1v) is 11.1. The predicted octanol–water partition coefficient (Wildman–Crippen LogP) is 2.03. The highest BCUT2D eigenvalue weighted by Gasteiger charge is 2.43. The third-order valence-electron chi connectivity index (χ3n) is 6.91. The van der Waals surface area contributed by atoms with Crippen LogP contribution in [0.2, 0.25) is 0 Å². The number of nitrogens with zero attached hydrogens (tertiary/aromatic N) is 4. The molecular formula is C24H28FN5O3. The molecule has 2 aromatic rings. The molecule has 174 valence electrons. The molecule has 0 aliphatic carbocycles. The second-order valence-electron chi connectivity index (χ2n) is 9.15. The molecule has 1 atom stereocenters. The number of carbonyl (C=O) groups excluding carboxylic acids is 1. The fraction of sp³-hybridized carbons (Fsp3) is 0.417. The van der Waals surface area contributed by atoms with Crippen LogP contribution in [0, 0.1) is 5.82 Å². The molecule has 0 bridgehead atoms. The second kappa shape index (κ2) is 8.00. The van der Waals surface area contributed by atoms with Crippen LogP contribution in [0.25, 0.3) is 11.1 Å². The summed E-state index contributed by atoms with van der Waals surface area (Å²) >= 11 is 0. The lowest BCUT2D eigenvalue weighted by Crippen LogP contribution is -2.68. The molecule has 3 aliphatic rings. The Balaban J connectivity index is 1.64. The lowest BCUT2D eigenvalue weighted by molar-refractivity contribution is -0.122. The molecule has 9 heteroatoms. The molecule has 3 heterocycles. The summed E-state index contributed by atoms with van der Waals surface area (Å²) in [6, 6.07) is 10.1. The number of aliphatic hydroxyl groups is 1. The normalized spacial score (nSPS) is 21.2. The van der Waals surface area contributed by atoms with Crippen molar-refractivity contribution in [2.45, 2.75) is 25.4 Å². The van der Waals surface area contributed by atoms with Gasteiger partial charge >= 0.3 is 0 Å². The number of amides is 1. The maximum atomic E-state index is 14.9. The minimum Gasteiger partial charge on any atom is -0.483 e. The van der Waals surface area contributed by atoms with Gasteiger partial charge in [0, 0.05) is 43.5 Å². The minimum atomic E-state index is -0.447. The zero-order valence-electron chi connectivity index (χ0n) is 19.0. The first-order valence-electron chi connectivity index (χ1n) is 11.1. The van der Waals surface area contributed by atoms with Crippen LogP contribution in [-0.2, 0) is 4.79 Å². The number of likely N-dealkylation sites (tertiary alicyclic amines) is 1. The summed E-state index contributed by atoms with van der Waals surface area (Å²) in [5.41, 5.74) is 5.15. The number of hydrogen-bond donors (Lipinski definition) is 2. The largest absolute Gasteiger partial charge is 0.483 e. The smallest absolute Gasteiger partial charge is 0.262 e. The molecular weight excluding hydrogens is 425 g/mol. The van der Waals surface area contributed by atoms with Gasteiger partial charge in [0.1, 0.15) is 24.2 Å². The first kappa shape index (κ1) is 21.7. The molecule has 8 nitrogen and oxygen atoms in total. The Morgan fingerprint density at radius 3 is 2.79 bits per heavy atom. The Hall–Kier alpha value is -3.17. The molecule has 1 fully saturated rings. The zero-order valence-corrected chi connectivity index (χ0v) is 19.0. The van der Waals surface area contributed by atoms with E-state index >= 15 is 0 Å². The Morgan fingerprint density at radius 2 is 2.06 bits per heavy atom. The van der Waals surface area contributed by atoms with E-state index in [-0.39, 0.29) is 30.5 Å². The number of halogens is 1. The molecule has 0 spiro atoms. The van der Waals surface area contributed by atoms with E-state index in [1.165, 1.54) is 6.07 Å². The number of carbonyl (C=O) groups is 1. The Kier molecular flexibility index (Phi) is 5.25. The number of fused-ring (bicyclic) bond motifs is 3. The van der Waals surface area contributed by atoms with Gasteiger partial charge in [0.2, 0.25) is 0 Å². The molecule has 1 saturated heterocycles. The monoisotopic (exact) mass is 453 g/mol. The third kappa shape index (κ3) is 3.52. The van der Waals surface area contributed by atoms with Gasteiger partial charge in [0.05, 0.1) is 17.8 Å². The summed E-state index contributed by atoms with van der Waals surface area (Å²) in [4.78, 5) is 18.6. The number of hydrazone groups is 1. The number of hydrogen-bond acceptors (Lipinski definition) is 7. The van der Waals surface area contributed by atoms with Gasteiger partial charge in [0.15, 0.2) is 5.84 Å². The topological polar surface area (TPSA) is 80.6 Å². The van der Waals surface area contributed by atoms with Crippen LogP contribution >= 0.6 is 0 Å². The van der Waals surface area contributed by atoms with Crippen molar-refractivity contribution < 1.29 is 19.0 Å². The standard InChI is InChI=1S/C24H28FN5O3/c1-15-23(32)27-26-22-12-33-21-10-17(16-6-4-5-7-18(16)25)19(11-20(21)30(15)22)28(3)24(2)13-29(14-24)8-9-31/h4-7,10-11,15,31H,8-9,12-14H2,1-3H3,(H,27,32). The van der Waals surface area contributed by atoms with Crippen molar-refractivity contribution in [3.8, 4) is 16.9 Å². The van der Waals surface area contributed by atoms with E-state index in [9.17, 15) is 14.3 Å². The highest BCUT2D eigenvalue weighted by Crippen LogP contribution is 2.46. The SMILES string of the molecule is CC1C(=O)NN=C2COc3cc(-c4ccccc4F)c(N(C)C4(C)CN(CCO)C4)cc3N21. The second-order valence-corrected chi connectivity index (χ2v) is 9.15. The van der Waals surface area contributed by atoms with Crippen molar-refractivity contribution in [1.29, 1.82) is 0 Å². The molecule has 0 radical (unpaired) electrons. The quantitative estimate of drug-likeness (QED) is 0.721. The molecule has 0 aromatic heterocycles. The van der Waals surface area contributed by atoms with Gasteiger partial charge in [-0.15, -0.1) is 0 Å². The van der Waals surface area contributed by atoms with Gasteiger partial charge in [-0.25, -0.2) is 9.82 Å². The third-order valence-corrected chi connectivity index (χ3v) is 6.91. The lowest BCUT2D eigenvalue weighted by atomic mass is 9.88. The van der Waals surface area contributed by atoms with Gasteiger partial charge < -0.3 is 19.6 Å². The van der Waals surface area contributed by atoms with E-state index < -0.39 is 6.04 Å². The highest BCUT2D eigenvalue weighted by atomic mass is 19.1. The van der Waals surface area contributed by atoms with Crippen LogP contribution in [0.1, 0.15) is 13.8 Å². The van der Waals surface area contributed by atoms with Crippen LogP contribution < -0.4 is 20.0 Å². The molecule has 1 amide bonds. The number of aliphatic hydroxyl groups excluding tert-OH is 1. The maximum absolute atomic E-state index is 14.9. The number of likely N-dealkylation sites (N-methyl/N-ethyl adjacent to an activating group) is 1. The molecule has 1 unspecified atom stereocenters. The van der Waals surface area contributed by atoms with Gasteiger partial charge in [-0.2, -0.15) is 5.10 Å². The van der Waals surface area contributed by atoms with Crippen molar-refractivity contribution in [1.82, 2.24) is 10.3 Å². The number of amidine groups is 1. The number of nitrogens with one attached hydrogen (secondary N) is 1. The van der Waals surface area contributed by atoms with E-state index in [4.69, 9.17) is 4.74 Å². The summed E-state index contributed by atoms with van der Waals surface area (Å²) in [5, 5.41) is 13.5. The van der Waals surface area contributed by atoms with E-state index in [1.54, 1.807) is 12.1 Å². The molecule has 3 aliphatic heterocycles. The first-order chi connectivity index (χ1) is 15.8. The van der Waals surface area contributed by atoms with Gasteiger partial charge in [-0.05, 0) is 32.0 Å². The van der Waals surface area contributed by atoms with E-state index in [1.807, 2.05) is 37.1 Å². The van der Waals surface area contributed by atoms with Crippen molar-refractivity contribution in [3.05, 3.63) is 42.2 Å². The van der Waals surface area contributed by atoms with Crippen molar-refractivity contribution in [2.75, 3.05) is 49.7 Å². The van der Waals surface area contributed by atoms with Gasteiger partial charge in [0.25, 0.3) is 5.91 Å². The average molecular weight is 454 g/mol. The fourth-order valence-corrected chi connectivity index (χ4v) is 4.95. The van der Waals surface area contributed by atoms with Crippen LogP contribution in [0.3, 0.4) is 0 Å². The lowest BCUT2D eigenvalue weighted by Gasteiger charge is -2.54. The van der Waals surface area contributed by atoms with E-state index in [0.29, 0.717) is 23.7 Å². The van der Waals surface area contributed by atoms with Gasteiger partial charge in [-0.1, -0.05) is 18.2 Å². The number of ether oxygens (including phenoxy) is 1. The highest BCUT2D eigenvalue weighted by molar-refractivity contribution is 6.10. The minimum absolute atomic E-state index is 0.119. The average Bonchev–Trinajstić information content (AvgIpc) is 2.79.